The minimum absolute atomic E-state index is 0.670. The van der Waals surface area contributed by atoms with Gasteiger partial charge in [-0.1, -0.05) is 32.0 Å². The second kappa shape index (κ2) is 5.36. The van der Waals surface area contributed by atoms with Crippen molar-refractivity contribution >= 4 is 11.8 Å². The fraction of sp³-hybridized carbons (Fsp3) is 0.417. The second-order valence-electron chi connectivity index (χ2n) is 3.76. The average Bonchev–Trinajstić information content (AvgIpc) is 2.17. The van der Waals surface area contributed by atoms with Crippen LogP contribution in [0.4, 0.5) is 5.69 Å². The van der Waals surface area contributed by atoms with Crippen LogP contribution in [0.15, 0.2) is 29.3 Å². The Labute approximate surface area is 84.7 Å². The molecule has 0 spiro atoms. The number of aliphatic imine (C=N–C) groups is 1. The molecule has 0 unspecified atom stereocenters. The quantitative estimate of drug-likeness (QED) is 0.528. The van der Waals surface area contributed by atoms with E-state index < -0.39 is 0 Å². The lowest BCUT2D eigenvalue weighted by Crippen LogP contribution is -1.92. The molecular weight excluding hydrogens is 174 g/mol. The predicted octanol–water partition coefficient (Wildman–Crippen LogP) is 3.24. The third-order valence-electron chi connectivity index (χ3n) is 2.15. The van der Waals surface area contributed by atoms with E-state index in [1.165, 1.54) is 0 Å². The summed E-state index contributed by atoms with van der Waals surface area (Å²) in [5, 5.41) is 0. The van der Waals surface area contributed by atoms with Crippen molar-refractivity contribution in [2.24, 2.45) is 10.9 Å². The molecule has 0 amide bonds. The van der Waals surface area contributed by atoms with Crippen LogP contribution in [-0.4, -0.2) is 6.08 Å². The standard InChI is InChI=1S/C12H15NO/c1-10(2)7-8-11-5-3-4-6-12(11)13-9-14/h3-6,10H,7-8H2,1-2H3. The van der Waals surface area contributed by atoms with Gasteiger partial charge in [-0.05, 0) is 30.4 Å². The number of para-hydroxylation sites is 1. The van der Waals surface area contributed by atoms with E-state index in [2.05, 4.69) is 18.8 Å². The molecule has 0 aromatic heterocycles. The molecule has 0 aliphatic carbocycles. The Morgan fingerprint density at radius 1 is 1.36 bits per heavy atom. The summed E-state index contributed by atoms with van der Waals surface area (Å²) in [5.41, 5.74) is 1.88. The van der Waals surface area contributed by atoms with E-state index >= 15 is 0 Å². The summed E-state index contributed by atoms with van der Waals surface area (Å²) >= 11 is 0. The minimum Gasteiger partial charge on any atom is -0.211 e. The first-order valence-electron chi connectivity index (χ1n) is 4.90. The van der Waals surface area contributed by atoms with Crippen molar-refractivity contribution in [2.45, 2.75) is 26.7 Å². The van der Waals surface area contributed by atoms with Gasteiger partial charge in [0.15, 0.2) is 0 Å². The van der Waals surface area contributed by atoms with Crippen LogP contribution in [0.25, 0.3) is 0 Å². The van der Waals surface area contributed by atoms with Gasteiger partial charge in [-0.25, -0.2) is 4.79 Å². The highest BCUT2D eigenvalue weighted by atomic mass is 16.1. The van der Waals surface area contributed by atoms with E-state index in [4.69, 9.17) is 0 Å². The Hall–Kier alpha value is -1.40. The number of hydrogen-bond donors (Lipinski definition) is 0. The first kappa shape index (κ1) is 10.7. The molecule has 0 aliphatic rings. The largest absolute Gasteiger partial charge is 0.240 e. The molecule has 0 saturated heterocycles. The van der Waals surface area contributed by atoms with Gasteiger partial charge in [-0.15, -0.1) is 0 Å². The fourth-order valence-corrected chi connectivity index (χ4v) is 1.32. The van der Waals surface area contributed by atoms with Gasteiger partial charge in [-0.3, -0.25) is 0 Å². The zero-order valence-corrected chi connectivity index (χ0v) is 8.66. The number of nitrogens with zero attached hydrogens (tertiary/aromatic N) is 1. The van der Waals surface area contributed by atoms with E-state index in [0.29, 0.717) is 5.92 Å². The maximum Gasteiger partial charge on any atom is 0.240 e. The number of carbonyl (C=O) groups excluding carboxylic acids is 1. The fourth-order valence-electron chi connectivity index (χ4n) is 1.32. The van der Waals surface area contributed by atoms with Crippen molar-refractivity contribution in [1.82, 2.24) is 0 Å². The molecule has 0 N–H and O–H groups in total. The molecule has 74 valence electrons. The van der Waals surface area contributed by atoms with Gasteiger partial charge in [0.05, 0.1) is 5.69 Å². The molecule has 0 fully saturated rings. The maximum absolute atomic E-state index is 10.2. The summed E-state index contributed by atoms with van der Waals surface area (Å²) in [5.74, 6) is 0.670. The molecule has 1 aromatic rings. The number of rotatable bonds is 4. The average molecular weight is 189 g/mol. The highest BCUT2D eigenvalue weighted by molar-refractivity contribution is 5.53. The minimum atomic E-state index is 0.670. The van der Waals surface area contributed by atoms with Crippen LogP contribution in [-0.2, 0) is 11.2 Å². The maximum atomic E-state index is 10.2. The normalized spacial score (nSPS) is 9.93. The Kier molecular flexibility index (Phi) is 4.09. The van der Waals surface area contributed by atoms with Crippen LogP contribution in [0, 0.1) is 5.92 Å². The first-order valence-corrected chi connectivity index (χ1v) is 4.90. The molecule has 0 atom stereocenters. The van der Waals surface area contributed by atoms with Crippen molar-refractivity contribution in [1.29, 1.82) is 0 Å². The summed E-state index contributed by atoms with van der Waals surface area (Å²) in [4.78, 5) is 13.9. The van der Waals surface area contributed by atoms with E-state index in [1.807, 2.05) is 24.3 Å². The van der Waals surface area contributed by atoms with Crippen LogP contribution >= 0.6 is 0 Å². The van der Waals surface area contributed by atoms with Crippen molar-refractivity contribution in [3.8, 4) is 0 Å². The molecule has 1 aromatic carbocycles. The molecule has 14 heavy (non-hydrogen) atoms. The van der Waals surface area contributed by atoms with E-state index in [-0.39, 0.29) is 0 Å². The molecule has 0 saturated carbocycles. The SMILES string of the molecule is CC(C)CCc1ccccc1N=C=O. The molecule has 0 heterocycles. The van der Waals surface area contributed by atoms with Gasteiger partial charge < -0.3 is 0 Å². The third-order valence-corrected chi connectivity index (χ3v) is 2.15. The van der Waals surface area contributed by atoms with Gasteiger partial charge in [-0.2, -0.15) is 4.99 Å². The van der Waals surface area contributed by atoms with Crippen molar-refractivity contribution in [3.63, 3.8) is 0 Å². The lowest BCUT2D eigenvalue weighted by Gasteiger charge is -2.06. The Morgan fingerprint density at radius 2 is 2.07 bits per heavy atom. The van der Waals surface area contributed by atoms with E-state index in [0.717, 1.165) is 24.1 Å². The van der Waals surface area contributed by atoms with Gasteiger partial charge in [0.1, 0.15) is 0 Å². The van der Waals surface area contributed by atoms with Crippen LogP contribution in [0.5, 0.6) is 0 Å². The van der Waals surface area contributed by atoms with E-state index in [9.17, 15) is 4.79 Å². The zero-order chi connectivity index (χ0) is 10.4. The lowest BCUT2D eigenvalue weighted by atomic mass is 10.0. The smallest absolute Gasteiger partial charge is 0.211 e. The lowest BCUT2D eigenvalue weighted by molar-refractivity contribution is 0.565. The molecule has 0 radical (unpaired) electrons. The third kappa shape index (κ3) is 3.15. The van der Waals surface area contributed by atoms with Crippen LogP contribution in [0.2, 0.25) is 0 Å². The van der Waals surface area contributed by atoms with Crippen molar-refractivity contribution in [2.75, 3.05) is 0 Å². The molecule has 0 aliphatic heterocycles. The highest BCUT2D eigenvalue weighted by Gasteiger charge is 2.01. The summed E-state index contributed by atoms with van der Waals surface area (Å²) in [7, 11) is 0. The first-order chi connectivity index (χ1) is 6.74. The molecule has 0 bridgehead atoms. The summed E-state index contributed by atoms with van der Waals surface area (Å²) in [6.45, 7) is 4.37. The Balaban J connectivity index is 2.79. The monoisotopic (exact) mass is 189 g/mol. The predicted molar refractivity (Wildman–Crippen MR) is 57.4 cm³/mol. The summed E-state index contributed by atoms with van der Waals surface area (Å²) < 4.78 is 0. The number of aryl methyl sites for hydroxylation is 1. The van der Waals surface area contributed by atoms with Crippen LogP contribution < -0.4 is 0 Å². The van der Waals surface area contributed by atoms with Gasteiger partial charge in [0.25, 0.3) is 0 Å². The number of isocyanates is 1. The number of benzene rings is 1. The molecule has 2 nitrogen and oxygen atoms in total. The zero-order valence-electron chi connectivity index (χ0n) is 8.66. The Bertz CT molecular complexity index is 338. The van der Waals surface area contributed by atoms with Gasteiger partial charge >= 0.3 is 0 Å². The second-order valence-corrected chi connectivity index (χ2v) is 3.76. The topological polar surface area (TPSA) is 29.4 Å². The van der Waals surface area contributed by atoms with E-state index in [1.54, 1.807) is 6.08 Å². The van der Waals surface area contributed by atoms with Gasteiger partial charge in [0, 0.05) is 0 Å². The molecular formula is C12H15NO. The van der Waals surface area contributed by atoms with Gasteiger partial charge in [0.2, 0.25) is 6.08 Å². The van der Waals surface area contributed by atoms with Crippen molar-refractivity contribution < 1.29 is 4.79 Å². The molecule has 1 rings (SSSR count). The summed E-state index contributed by atoms with van der Waals surface area (Å²) in [6.07, 6.45) is 3.67. The van der Waals surface area contributed by atoms with Crippen LogP contribution in [0.1, 0.15) is 25.8 Å². The van der Waals surface area contributed by atoms with Crippen molar-refractivity contribution in [3.05, 3.63) is 29.8 Å². The van der Waals surface area contributed by atoms with Crippen LogP contribution in [0.3, 0.4) is 0 Å². The number of hydrogen-bond acceptors (Lipinski definition) is 2. The Morgan fingerprint density at radius 3 is 2.71 bits per heavy atom. The molecule has 2 heteroatoms. The summed E-state index contributed by atoms with van der Waals surface area (Å²) in [6, 6.07) is 7.72. The highest BCUT2D eigenvalue weighted by Crippen LogP contribution is 2.20.